The van der Waals surface area contributed by atoms with Crippen LogP contribution in [0.1, 0.15) is 30.5 Å². The van der Waals surface area contributed by atoms with Gasteiger partial charge in [0.2, 0.25) is 11.8 Å². The van der Waals surface area contributed by atoms with Crippen molar-refractivity contribution >= 4 is 11.8 Å². The number of methoxy groups -OCH3 is 1. The molecule has 0 aromatic heterocycles. The summed E-state index contributed by atoms with van der Waals surface area (Å²) in [5, 5.41) is 9.22. The first kappa shape index (κ1) is 19.4. The van der Waals surface area contributed by atoms with Crippen LogP contribution in [0.2, 0.25) is 0 Å². The van der Waals surface area contributed by atoms with Gasteiger partial charge in [-0.25, -0.2) is 0 Å². The first-order chi connectivity index (χ1) is 12.0. The first-order valence-electron chi connectivity index (χ1n) is 8.78. The molecule has 138 valence electrons. The molecule has 2 atom stereocenters. The zero-order chi connectivity index (χ0) is 18.4. The molecule has 6 heteroatoms. The second kappa shape index (κ2) is 8.97. The van der Waals surface area contributed by atoms with Gasteiger partial charge in [0.05, 0.1) is 25.2 Å². The maximum Gasteiger partial charge on any atom is 0.228 e. The Balaban J connectivity index is 2.38. The highest BCUT2D eigenvalue weighted by Crippen LogP contribution is 2.40. The maximum atomic E-state index is 13.0. The van der Waals surface area contributed by atoms with Crippen molar-refractivity contribution in [2.24, 2.45) is 5.92 Å². The smallest absolute Gasteiger partial charge is 0.228 e. The Kier molecular flexibility index (Phi) is 6.96. The summed E-state index contributed by atoms with van der Waals surface area (Å²) in [5.74, 6) is -0.529. The van der Waals surface area contributed by atoms with Crippen molar-refractivity contribution in [3.05, 3.63) is 35.4 Å². The molecule has 6 nitrogen and oxygen atoms in total. The van der Waals surface area contributed by atoms with Crippen LogP contribution >= 0.6 is 0 Å². The summed E-state index contributed by atoms with van der Waals surface area (Å²) in [5.41, 5.74) is 2.07. The number of aryl methyl sites for hydroxylation is 1. The number of aliphatic hydroxyl groups is 1. The van der Waals surface area contributed by atoms with E-state index in [1.54, 1.807) is 16.9 Å². The minimum atomic E-state index is -0.433. The van der Waals surface area contributed by atoms with Crippen LogP contribution in [0.3, 0.4) is 0 Å². The van der Waals surface area contributed by atoms with Crippen molar-refractivity contribution < 1.29 is 19.4 Å². The summed E-state index contributed by atoms with van der Waals surface area (Å²) >= 11 is 0. The van der Waals surface area contributed by atoms with E-state index >= 15 is 0 Å². The summed E-state index contributed by atoms with van der Waals surface area (Å²) in [6.07, 6.45) is 0.198. The first-order valence-corrected chi connectivity index (χ1v) is 8.78. The quantitative estimate of drug-likeness (QED) is 0.770. The third-order valence-electron chi connectivity index (χ3n) is 4.86. The third-order valence-corrected chi connectivity index (χ3v) is 4.86. The molecular weight excluding hydrogens is 320 g/mol. The van der Waals surface area contributed by atoms with E-state index in [0.717, 1.165) is 11.1 Å². The van der Waals surface area contributed by atoms with Gasteiger partial charge in [-0.2, -0.15) is 0 Å². The standard InChI is InChI=1S/C19H28N2O4/c1-4-20(9-11-22)19(24)16-13-17(23)21(10-12-25-3)18(16)15-8-6-5-7-14(15)2/h5-8,16,18,22H,4,9-13H2,1-3H3/t16-,18+/m1/s1. The molecular formula is C19H28N2O4. The summed E-state index contributed by atoms with van der Waals surface area (Å²) in [6.45, 7) is 5.51. The maximum absolute atomic E-state index is 13.0. The Morgan fingerprint density at radius 3 is 2.72 bits per heavy atom. The van der Waals surface area contributed by atoms with Gasteiger partial charge in [0, 0.05) is 33.2 Å². The fourth-order valence-corrected chi connectivity index (χ4v) is 3.55. The minimum absolute atomic E-state index is 0.0243. The van der Waals surface area contributed by atoms with Gasteiger partial charge in [-0.1, -0.05) is 24.3 Å². The van der Waals surface area contributed by atoms with E-state index in [4.69, 9.17) is 4.74 Å². The van der Waals surface area contributed by atoms with E-state index in [9.17, 15) is 14.7 Å². The Labute approximate surface area is 149 Å². The second-order valence-corrected chi connectivity index (χ2v) is 6.33. The average molecular weight is 348 g/mol. The molecule has 1 aliphatic heterocycles. The van der Waals surface area contributed by atoms with Gasteiger partial charge in [-0.3, -0.25) is 9.59 Å². The summed E-state index contributed by atoms with van der Waals surface area (Å²) in [6, 6.07) is 7.59. The van der Waals surface area contributed by atoms with Gasteiger partial charge >= 0.3 is 0 Å². The van der Waals surface area contributed by atoms with Gasteiger partial charge in [0.1, 0.15) is 0 Å². The van der Waals surface area contributed by atoms with Crippen LogP contribution in [-0.4, -0.2) is 66.7 Å². The predicted molar refractivity (Wildman–Crippen MR) is 95.0 cm³/mol. The lowest BCUT2D eigenvalue weighted by atomic mass is 9.89. The lowest BCUT2D eigenvalue weighted by Gasteiger charge is -2.31. The van der Waals surface area contributed by atoms with Crippen LogP contribution in [0, 0.1) is 12.8 Å². The number of amides is 2. The van der Waals surface area contributed by atoms with Gasteiger partial charge in [0.15, 0.2) is 0 Å². The summed E-state index contributed by atoms with van der Waals surface area (Å²) in [4.78, 5) is 29.0. The fourth-order valence-electron chi connectivity index (χ4n) is 3.55. The predicted octanol–water partition coefficient (Wildman–Crippen LogP) is 1.37. The molecule has 0 aliphatic carbocycles. The number of aliphatic hydroxyl groups excluding tert-OH is 1. The number of ether oxygens (including phenoxy) is 1. The van der Waals surface area contributed by atoms with Gasteiger partial charge in [0.25, 0.3) is 0 Å². The molecule has 0 unspecified atom stereocenters. The number of hydrogen-bond donors (Lipinski definition) is 1. The van der Waals surface area contributed by atoms with E-state index in [-0.39, 0.29) is 30.9 Å². The molecule has 0 saturated carbocycles. The minimum Gasteiger partial charge on any atom is -0.395 e. The van der Waals surface area contributed by atoms with Crippen molar-refractivity contribution in [1.29, 1.82) is 0 Å². The third kappa shape index (κ3) is 4.19. The number of carbonyl (C=O) groups is 2. The molecule has 2 amide bonds. The zero-order valence-corrected chi connectivity index (χ0v) is 15.3. The lowest BCUT2D eigenvalue weighted by Crippen LogP contribution is -2.41. The number of benzene rings is 1. The number of carbonyl (C=O) groups excluding carboxylic acids is 2. The Morgan fingerprint density at radius 1 is 1.40 bits per heavy atom. The molecule has 1 saturated heterocycles. The number of likely N-dealkylation sites (tertiary alicyclic amines) is 1. The molecule has 2 rings (SSSR count). The van der Waals surface area contributed by atoms with Crippen LogP contribution < -0.4 is 0 Å². The topological polar surface area (TPSA) is 70.1 Å². The number of nitrogens with zero attached hydrogens (tertiary/aromatic N) is 2. The van der Waals surface area contributed by atoms with Crippen molar-refractivity contribution in [3.63, 3.8) is 0 Å². The van der Waals surface area contributed by atoms with Gasteiger partial charge in [-0.05, 0) is 25.0 Å². The van der Waals surface area contributed by atoms with Crippen molar-refractivity contribution in [3.8, 4) is 0 Å². The molecule has 25 heavy (non-hydrogen) atoms. The normalized spacial score (nSPS) is 20.2. The Morgan fingerprint density at radius 2 is 2.12 bits per heavy atom. The van der Waals surface area contributed by atoms with E-state index < -0.39 is 5.92 Å². The second-order valence-electron chi connectivity index (χ2n) is 6.33. The van der Waals surface area contributed by atoms with E-state index in [2.05, 4.69) is 0 Å². The Hall–Kier alpha value is -1.92. The largest absolute Gasteiger partial charge is 0.395 e. The number of likely N-dealkylation sites (N-methyl/N-ethyl adjacent to an activating group) is 1. The van der Waals surface area contributed by atoms with Gasteiger partial charge in [-0.15, -0.1) is 0 Å². The van der Waals surface area contributed by atoms with Crippen LogP contribution in [-0.2, 0) is 14.3 Å². The van der Waals surface area contributed by atoms with E-state index in [1.807, 2.05) is 38.1 Å². The van der Waals surface area contributed by atoms with E-state index in [1.165, 1.54) is 0 Å². The molecule has 0 spiro atoms. The fraction of sp³-hybridized carbons (Fsp3) is 0.579. The SMILES string of the molecule is CCN(CCO)C(=O)[C@@H]1CC(=O)N(CCOC)[C@H]1c1ccccc1C. The molecule has 1 heterocycles. The molecule has 1 aliphatic rings. The van der Waals surface area contributed by atoms with Crippen LogP contribution in [0.4, 0.5) is 0 Å². The molecule has 1 N–H and O–H groups in total. The van der Waals surface area contributed by atoms with Crippen LogP contribution in [0.25, 0.3) is 0 Å². The summed E-state index contributed by atoms with van der Waals surface area (Å²) in [7, 11) is 1.60. The molecule has 1 aromatic rings. The average Bonchev–Trinajstić information content (AvgIpc) is 2.94. The highest BCUT2D eigenvalue weighted by Gasteiger charge is 2.45. The van der Waals surface area contributed by atoms with Crippen molar-refractivity contribution in [2.75, 3.05) is 40.0 Å². The monoisotopic (exact) mass is 348 g/mol. The molecule has 0 radical (unpaired) electrons. The van der Waals surface area contributed by atoms with Crippen LogP contribution in [0.5, 0.6) is 0 Å². The van der Waals surface area contributed by atoms with Crippen molar-refractivity contribution in [1.82, 2.24) is 9.80 Å². The van der Waals surface area contributed by atoms with Crippen LogP contribution in [0.15, 0.2) is 24.3 Å². The molecule has 1 fully saturated rings. The Bertz CT molecular complexity index is 605. The van der Waals surface area contributed by atoms with Gasteiger partial charge < -0.3 is 19.6 Å². The highest BCUT2D eigenvalue weighted by molar-refractivity contribution is 5.90. The zero-order valence-electron chi connectivity index (χ0n) is 15.3. The van der Waals surface area contributed by atoms with E-state index in [0.29, 0.717) is 26.2 Å². The molecule has 0 bridgehead atoms. The molecule has 1 aromatic carbocycles. The number of hydrogen-bond acceptors (Lipinski definition) is 4. The van der Waals surface area contributed by atoms with Crippen molar-refractivity contribution in [2.45, 2.75) is 26.3 Å². The number of rotatable bonds is 8. The lowest BCUT2D eigenvalue weighted by molar-refractivity contribution is -0.137. The summed E-state index contributed by atoms with van der Waals surface area (Å²) < 4.78 is 5.15. The highest BCUT2D eigenvalue weighted by atomic mass is 16.5.